The second-order valence-corrected chi connectivity index (χ2v) is 8.41. The molecule has 4 rings (SSSR count). The summed E-state index contributed by atoms with van der Waals surface area (Å²) in [6, 6.07) is 21.1. The lowest BCUT2D eigenvalue weighted by molar-refractivity contribution is -0.274. The van der Waals surface area contributed by atoms with E-state index >= 15 is 0 Å². The smallest absolute Gasteiger partial charge is 0.493 e. The van der Waals surface area contributed by atoms with E-state index in [1.54, 1.807) is 12.2 Å². The summed E-state index contributed by atoms with van der Waals surface area (Å²) in [4.78, 5) is 14.4. The van der Waals surface area contributed by atoms with Crippen LogP contribution in [-0.2, 0) is 11.2 Å². The molecule has 0 bridgehead atoms. The van der Waals surface area contributed by atoms with Gasteiger partial charge in [-0.15, -0.1) is 13.2 Å². The Morgan fingerprint density at radius 2 is 1.53 bits per heavy atom. The number of rotatable bonds is 8. The van der Waals surface area contributed by atoms with Gasteiger partial charge in [-0.05, 0) is 77.4 Å². The molecule has 1 amide bonds. The van der Waals surface area contributed by atoms with Crippen LogP contribution < -0.4 is 19.7 Å². The van der Waals surface area contributed by atoms with Crippen molar-refractivity contribution in [1.82, 2.24) is 5.32 Å². The first-order chi connectivity index (χ1) is 17.2. The molecule has 0 fully saturated rings. The van der Waals surface area contributed by atoms with Crippen molar-refractivity contribution in [3.8, 4) is 11.5 Å². The Balaban J connectivity index is 1.35. The fourth-order valence-electron chi connectivity index (χ4n) is 3.64. The van der Waals surface area contributed by atoms with Crippen LogP contribution in [-0.4, -0.2) is 33.0 Å². The van der Waals surface area contributed by atoms with Crippen LogP contribution in [0.5, 0.6) is 11.5 Å². The number of benzene rings is 3. The Labute approximate surface area is 207 Å². The molecule has 0 spiro atoms. The summed E-state index contributed by atoms with van der Waals surface area (Å²) in [5, 5.41) is 2.82. The van der Waals surface area contributed by atoms with Crippen LogP contribution >= 0.6 is 0 Å². The maximum absolute atomic E-state index is 12.4. The Kier molecular flexibility index (Phi) is 7.33. The molecule has 36 heavy (non-hydrogen) atoms. The number of amides is 1. The standard InChI is InChI=1S/C28H25F3N2O3/c1-33(2)23-9-3-19(4-10-23)15-16-35-24-13-7-21(8-14-24)26-18-22(27(34)32-26)17-20-5-11-25(12-6-20)36-28(29,30)31/h3-14,17-18H,15-16H2,1-2H3,(H,32,34)/b22-17-. The Morgan fingerprint density at radius 1 is 0.889 bits per heavy atom. The first-order valence-electron chi connectivity index (χ1n) is 11.3. The topological polar surface area (TPSA) is 50.8 Å². The predicted molar refractivity (Wildman–Crippen MR) is 134 cm³/mol. The van der Waals surface area contributed by atoms with Crippen LogP contribution in [0.4, 0.5) is 18.9 Å². The first kappa shape index (κ1) is 24.9. The number of nitrogens with one attached hydrogen (secondary N) is 1. The summed E-state index contributed by atoms with van der Waals surface area (Å²) in [6.07, 6.45) is -0.659. The number of carbonyl (C=O) groups is 1. The Bertz CT molecular complexity index is 1260. The zero-order chi connectivity index (χ0) is 25.7. The van der Waals surface area contributed by atoms with Gasteiger partial charge < -0.3 is 19.7 Å². The lowest BCUT2D eigenvalue weighted by Gasteiger charge is -2.13. The Hall–Kier alpha value is -4.20. The monoisotopic (exact) mass is 494 g/mol. The molecule has 186 valence electrons. The van der Waals surface area contributed by atoms with Gasteiger partial charge in [-0.1, -0.05) is 24.3 Å². The summed E-state index contributed by atoms with van der Waals surface area (Å²) in [5.41, 5.74) is 4.76. The zero-order valence-electron chi connectivity index (χ0n) is 19.8. The van der Waals surface area contributed by atoms with Gasteiger partial charge in [0, 0.05) is 37.5 Å². The third kappa shape index (κ3) is 6.69. The maximum Gasteiger partial charge on any atom is 0.573 e. The van der Waals surface area contributed by atoms with Crippen molar-refractivity contribution < 1.29 is 27.4 Å². The van der Waals surface area contributed by atoms with Crippen molar-refractivity contribution in [2.24, 2.45) is 0 Å². The summed E-state index contributed by atoms with van der Waals surface area (Å²) < 4.78 is 46.7. The molecule has 0 radical (unpaired) electrons. The normalized spacial score (nSPS) is 14.4. The molecule has 1 heterocycles. The van der Waals surface area contributed by atoms with Crippen molar-refractivity contribution in [3.63, 3.8) is 0 Å². The molecule has 1 aliphatic heterocycles. The number of anilines is 1. The summed E-state index contributed by atoms with van der Waals surface area (Å²) in [7, 11) is 4.01. The first-order valence-corrected chi connectivity index (χ1v) is 11.3. The summed E-state index contributed by atoms with van der Waals surface area (Å²) >= 11 is 0. The molecule has 1 aliphatic rings. The minimum Gasteiger partial charge on any atom is -0.493 e. The molecule has 0 saturated heterocycles. The fourth-order valence-corrected chi connectivity index (χ4v) is 3.64. The van der Waals surface area contributed by atoms with Crippen LogP contribution in [0.1, 0.15) is 16.7 Å². The van der Waals surface area contributed by atoms with Gasteiger partial charge in [0.1, 0.15) is 11.5 Å². The fraction of sp³-hybridized carbons (Fsp3) is 0.179. The number of nitrogens with zero attached hydrogens (tertiary/aromatic N) is 1. The summed E-state index contributed by atoms with van der Waals surface area (Å²) in [6.45, 7) is 0.541. The average Bonchev–Trinajstić information content (AvgIpc) is 3.20. The maximum atomic E-state index is 12.4. The van der Waals surface area contributed by atoms with Crippen LogP contribution in [0.25, 0.3) is 11.8 Å². The lowest BCUT2D eigenvalue weighted by Crippen LogP contribution is -2.17. The molecular weight excluding hydrogens is 469 g/mol. The lowest BCUT2D eigenvalue weighted by atomic mass is 10.1. The highest BCUT2D eigenvalue weighted by atomic mass is 19.4. The van der Waals surface area contributed by atoms with E-state index in [1.807, 2.05) is 38.4 Å². The van der Waals surface area contributed by atoms with E-state index in [2.05, 4.69) is 39.2 Å². The largest absolute Gasteiger partial charge is 0.573 e. The molecule has 8 heteroatoms. The van der Waals surface area contributed by atoms with Gasteiger partial charge in [0.2, 0.25) is 0 Å². The van der Waals surface area contributed by atoms with Crippen LogP contribution in [0.2, 0.25) is 0 Å². The average molecular weight is 495 g/mol. The molecule has 0 unspecified atom stereocenters. The molecule has 3 aromatic carbocycles. The summed E-state index contributed by atoms with van der Waals surface area (Å²) in [5.74, 6) is 0.119. The van der Waals surface area contributed by atoms with Gasteiger partial charge in [-0.3, -0.25) is 4.79 Å². The van der Waals surface area contributed by atoms with Gasteiger partial charge in [0.15, 0.2) is 0 Å². The predicted octanol–water partition coefficient (Wildman–Crippen LogP) is 5.83. The molecule has 0 atom stereocenters. The van der Waals surface area contributed by atoms with Crippen LogP contribution in [0, 0.1) is 0 Å². The second kappa shape index (κ2) is 10.6. The van der Waals surface area contributed by atoms with Crippen molar-refractivity contribution in [2.45, 2.75) is 12.8 Å². The molecule has 5 nitrogen and oxygen atoms in total. The number of carbonyl (C=O) groups excluding carboxylic acids is 1. The molecule has 0 aliphatic carbocycles. The second-order valence-electron chi connectivity index (χ2n) is 8.41. The van der Waals surface area contributed by atoms with E-state index in [-0.39, 0.29) is 11.7 Å². The van der Waals surface area contributed by atoms with Crippen LogP contribution in [0.3, 0.4) is 0 Å². The van der Waals surface area contributed by atoms with E-state index in [9.17, 15) is 18.0 Å². The Morgan fingerprint density at radius 3 is 2.14 bits per heavy atom. The minimum atomic E-state index is -4.75. The van der Waals surface area contributed by atoms with Crippen LogP contribution in [0.15, 0.2) is 84.4 Å². The van der Waals surface area contributed by atoms with Gasteiger partial charge in [-0.25, -0.2) is 0 Å². The molecule has 3 aromatic rings. The molecule has 0 aromatic heterocycles. The minimum absolute atomic E-state index is 0.291. The highest BCUT2D eigenvalue weighted by molar-refractivity contribution is 6.10. The highest BCUT2D eigenvalue weighted by Gasteiger charge is 2.31. The molecular formula is C28H25F3N2O3. The van der Waals surface area contributed by atoms with E-state index in [0.717, 1.165) is 23.4 Å². The van der Waals surface area contributed by atoms with E-state index in [1.165, 1.54) is 29.8 Å². The SMILES string of the molecule is CN(C)c1ccc(CCOc2ccc(C3=C/C(=C/c4ccc(OC(F)(F)F)cc4)C(=O)N3)cc2)cc1. The highest BCUT2D eigenvalue weighted by Crippen LogP contribution is 2.26. The van der Waals surface area contributed by atoms with Crippen molar-refractivity contribution in [2.75, 3.05) is 25.6 Å². The van der Waals surface area contributed by atoms with Crippen molar-refractivity contribution in [3.05, 3.63) is 101 Å². The van der Waals surface area contributed by atoms with E-state index < -0.39 is 6.36 Å². The zero-order valence-corrected chi connectivity index (χ0v) is 19.8. The van der Waals surface area contributed by atoms with Crippen molar-refractivity contribution in [1.29, 1.82) is 0 Å². The van der Waals surface area contributed by atoms with E-state index in [4.69, 9.17) is 4.74 Å². The van der Waals surface area contributed by atoms with Crippen molar-refractivity contribution >= 4 is 23.4 Å². The van der Waals surface area contributed by atoms with Gasteiger partial charge in [-0.2, -0.15) is 0 Å². The third-order valence-electron chi connectivity index (χ3n) is 5.52. The number of hydrogen-bond donors (Lipinski definition) is 1. The number of hydrogen-bond acceptors (Lipinski definition) is 4. The number of halogens is 3. The molecule has 1 N–H and O–H groups in total. The van der Waals surface area contributed by atoms with E-state index in [0.29, 0.717) is 23.4 Å². The third-order valence-corrected chi connectivity index (χ3v) is 5.52. The molecule has 0 saturated carbocycles. The van der Waals surface area contributed by atoms with Gasteiger partial charge in [0.05, 0.1) is 6.61 Å². The van der Waals surface area contributed by atoms with Gasteiger partial charge >= 0.3 is 6.36 Å². The number of alkyl halides is 3. The van der Waals surface area contributed by atoms with Gasteiger partial charge in [0.25, 0.3) is 5.91 Å². The quantitative estimate of drug-likeness (QED) is 0.401. The number of ether oxygens (including phenoxy) is 2.